The lowest BCUT2D eigenvalue weighted by molar-refractivity contribution is -0.121. The van der Waals surface area contributed by atoms with E-state index in [-0.39, 0.29) is 23.3 Å². The third kappa shape index (κ3) is 6.82. The van der Waals surface area contributed by atoms with Gasteiger partial charge in [-0.05, 0) is 35.4 Å². The number of nitrogens with zero attached hydrogens (tertiary/aromatic N) is 1. The third-order valence-electron chi connectivity index (χ3n) is 4.76. The van der Waals surface area contributed by atoms with Crippen LogP contribution in [0.15, 0.2) is 53.4 Å². The molecule has 3 rings (SSSR count). The molecular weight excluding hydrogens is 412 g/mol. The molecule has 0 spiro atoms. The van der Waals surface area contributed by atoms with Gasteiger partial charge < -0.3 is 10.1 Å². The van der Waals surface area contributed by atoms with Crippen LogP contribution in [-0.2, 0) is 32.3 Å². The van der Waals surface area contributed by atoms with Gasteiger partial charge in [-0.25, -0.2) is 8.42 Å². The average molecular weight is 437 g/mol. The van der Waals surface area contributed by atoms with E-state index < -0.39 is 9.84 Å². The summed E-state index contributed by atoms with van der Waals surface area (Å²) in [6.45, 7) is 3.42. The molecule has 0 bridgehead atoms. The molecule has 2 aromatic carbocycles. The van der Waals surface area contributed by atoms with Crippen molar-refractivity contribution in [2.24, 2.45) is 0 Å². The number of carbonyl (C=O) groups excluding carboxylic acids is 1. The van der Waals surface area contributed by atoms with Gasteiger partial charge in [0, 0.05) is 37.5 Å². The van der Waals surface area contributed by atoms with Crippen LogP contribution in [-0.4, -0.2) is 57.8 Å². The molecule has 6 nitrogen and oxygen atoms in total. The fourth-order valence-corrected chi connectivity index (χ4v) is 4.11. The molecule has 1 fully saturated rings. The molecule has 156 valence electrons. The minimum absolute atomic E-state index is 0.0699. The van der Waals surface area contributed by atoms with Crippen LogP contribution in [0.4, 0.5) is 0 Å². The number of hydrogen-bond donors (Lipinski definition) is 1. The lowest BCUT2D eigenvalue weighted by Crippen LogP contribution is -2.47. The van der Waals surface area contributed by atoms with Crippen LogP contribution in [0, 0.1) is 0 Å². The van der Waals surface area contributed by atoms with E-state index in [1.807, 2.05) is 24.3 Å². The molecule has 0 aromatic heterocycles. The summed E-state index contributed by atoms with van der Waals surface area (Å²) in [5.41, 5.74) is 1.92. The maximum absolute atomic E-state index is 12.2. The van der Waals surface area contributed by atoms with Gasteiger partial charge in [0.1, 0.15) is 0 Å². The van der Waals surface area contributed by atoms with Gasteiger partial charge in [0.25, 0.3) is 0 Å². The predicted molar refractivity (Wildman–Crippen MR) is 113 cm³/mol. The molecule has 1 heterocycles. The van der Waals surface area contributed by atoms with Gasteiger partial charge in [-0.1, -0.05) is 35.9 Å². The molecule has 29 heavy (non-hydrogen) atoms. The first kappa shape index (κ1) is 21.8. The van der Waals surface area contributed by atoms with Crippen molar-refractivity contribution in [2.45, 2.75) is 24.0 Å². The number of amides is 1. The summed E-state index contributed by atoms with van der Waals surface area (Å²) >= 11 is 6.05. The van der Waals surface area contributed by atoms with E-state index in [2.05, 4.69) is 10.2 Å². The fraction of sp³-hybridized carbons (Fsp3) is 0.381. The van der Waals surface area contributed by atoms with Gasteiger partial charge in [-0.3, -0.25) is 9.69 Å². The number of halogens is 1. The molecule has 1 aliphatic rings. The molecule has 1 N–H and O–H groups in total. The Balaban J connectivity index is 1.46. The molecular formula is C21H25ClN2O4S. The lowest BCUT2D eigenvalue weighted by atomic mass is 10.1. The fourth-order valence-electron chi connectivity index (χ4n) is 3.27. The Hall–Kier alpha value is -1.93. The third-order valence-corrected chi connectivity index (χ3v) is 6.12. The van der Waals surface area contributed by atoms with Crippen LogP contribution < -0.4 is 5.32 Å². The van der Waals surface area contributed by atoms with Crippen molar-refractivity contribution in [1.29, 1.82) is 0 Å². The topological polar surface area (TPSA) is 75.7 Å². The molecule has 1 saturated heterocycles. The minimum atomic E-state index is -3.23. The van der Waals surface area contributed by atoms with Gasteiger partial charge in [0.2, 0.25) is 5.91 Å². The predicted octanol–water partition coefficient (Wildman–Crippen LogP) is 2.30. The monoisotopic (exact) mass is 436 g/mol. The Morgan fingerprint density at radius 1 is 1.21 bits per heavy atom. The standard InChI is InChI=1S/C21H25ClN2O4S/c1-29(26,27)20-7-5-16(6-8-20)12-21(25)23-13-19-15-24(9-10-28-19)14-17-3-2-4-18(22)11-17/h2-8,11,19H,9-10,12-15H2,1H3,(H,23,25). The normalized spacial score (nSPS) is 17.8. The van der Waals surface area contributed by atoms with Gasteiger partial charge >= 0.3 is 0 Å². The molecule has 2 aromatic rings. The number of rotatable bonds is 7. The molecule has 8 heteroatoms. The van der Waals surface area contributed by atoms with Crippen LogP contribution in [0.3, 0.4) is 0 Å². The summed E-state index contributed by atoms with van der Waals surface area (Å²) in [5.74, 6) is -0.118. The van der Waals surface area contributed by atoms with Crippen LogP contribution in [0.5, 0.6) is 0 Å². The first-order valence-electron chi connectivity index (χ1n) is 9.44. The van der Waals surface area contributed by atoms with Crippen molar-refractivity contribution in [1.82, 2.24) is 10.2 Å². The highest BCUT2D eigenvalue weighted by molar-refractivity contribution is 7.90. The van der Waals surface area contributed by atoms with E-state index in [1.165, 1.54) is 12.1 Å². The van der Waals surface area contributed by atoms with E-state index in [0.717, 1.165) is 42.0 Å². The summed E-state index contributed by atoms with van der Waals surface area (Å²) in [6.07, 6.45) is 1.29. The smallest absolute Gasteiger partial charge is 0.224 e. The quantitative estimate of drug-likeness (QED) is 0.720. The Bertz CT molecular complexity index is 947. The van der Waals surface area contributed by atoms with Crippen molar-refractivity contribution in [3.63, 3.8) is 0 Å². The Morgan fingerprint density at radius 3 is 2.66 bits per heavy atom. The molecule has 1 amide bonds. The molecule has 1 aliphatic heterocycles. The van der Waals surface area contributed by atoms with Gasteiger partial charge in [-0.2, -0.15) is 0 Å². The minimum Gasteiger partial charge on any atom is -0.374 e. The van der Waals surface area contributed by atoms with Crippen molar-refractivity contribution in [2.75, 3.05) is 32.5 Å². The van der Waals surface area contributed by atoms with E-state index in [4.69, 9.17) is 16.3 Å². The number of ether oxygens (including phenoxy) is 1. The largest absolute Gasteiger partial charge is 0.374 e. The van der Waals surface area contributed by atoms with E-state index in [9.17, 15) is 13.2 Å². The first-order chi connectivity index (χ1) is 13.8. The molecule has 0 saturated carbocycles. The van der Waals surface area contributed by atoms with E-state index in [0.29, 0.717) is 13.2 Å². The van der Waals surface area contributed by atoms with Crippen molar-refractivity contribution >= 4 is 27.3 Å². The number of carbonyl (C=O) groups is 1. The summed E-state index contributed by atoms with van der Waals surface area (Å²) in [5, 5.41) is 3.64. The second kappa shape index (κ2) is 9.71. The second-order valence-corrected chi connectivity index (χ2v) is 9.71. The number of hydrogen-bond acceptors (Lipinski definition) is 5. The van der Waals surface area contributed by atoms with Crippen LogP contribution >= 0.6 is 11.6 Å². The summed E-state index contributed by atoms with van der Waals surface area (Å²) < 4.78 is 28.8. The number of morpholine rings is 1. The van der Waals surface area contributed by atoms with Crippen molar-refractivity contribution in [3.8, 4) is 0 Å². The average Bonchev–Trinajstić information content (AvgIpc) is 2.66. The van der Waals surface area contributed by atoms with Crippen molar-refractivity contribution < 1.29 is 17.9 Å². The number of sulfone groups is 1. The van der Waals surface area contributed by atoms with E-state index >= 15 is 0 Å². The zero-order chi connectivity index (χ0) is 20.9. The van der Waals surface area contributed by atoms with Crippen LogP contribution in [0.1, 0.15) is 11.1 Å². The first-order valence-corrected chi connectivity index (χ1v) is 11.7. The molecule has 1 unspecified atom stereocenters. The highest BCUT2D eigenvalue weighted by Gasteiger charge is 2.21. The highest BCUT2D eigenvalue weighted by Crippen LogP contribution is 2.15. The van der Waals surface area contributed by atoms with Crippen molar-refractivity contribution in [3.05, 3.63) is 64.7 Å². The Kier molecular flexibility index (Phi) is 7.29. The molecule has 0 radical (unpaired) electrons. The number of benzene rings is 2. The molecule has 1 atom stereocenters. The van der Waals surface area contributed by atoms with Crippen LogP contribution in [0.2, 0.25) is 5.02 Å². The van der Waals surface area contributed by atoms with Crippen LogP contribution in [0.25, 0.3) is 0 Å². The Morgan fingerprint density at radius 2 is 1.97 bits per heavy atom. The van der Waals surface area contributed by atoms with Gasteiger partial charge in [0.15, 0.2) is 9.84 Å². The van der Waals surface area contributed by atoms with E-state index in [1.54, 1.807) is 12.1 Å². The zero-order valence-corrected chi connectivity index (χ0v) is 17.9. The maximum Gasteiger partial charge on any atom is 0.224 e. The Labute approximate surface area is 176 Å². The zero-order valence-electron chi connectivity index (χ0n) is 16.3. The lowest BCUT2D eigenvalue weighted by Gasteiger charge is -2.33. The highest BCUT2D eigenvalue weighted by atomic mass is 35.5. The van der Waals surface area contributed by atoms with Gasteiger partial charge in [0.05, 0.1) is 24.0 Å². The summed E-state index contributed by atoms with van der Waals surface area (Å²) in [7, 11) is -3.23. The molecule has 0 aliphatic carbocycles. The maximum atomic E-state index is 12.2. The second-order valence-electron chi connectivity index (χ2n) is 7.25. The number of nitrogens with one attached hydrogen (secondary N) is 1. The summed E-state index contributed by atoms with van der Waals surface area (Å²) in [4.78, 5) is 14.8. The van der Waals surface area contributed by atoms with Gasteiger partial charge in [-0.15, -0.1) is 0 Å². The summed E-state index contributed by atoms with van der Waals surface area (Å²) in [6, 6.07) is 14.2. The SMILES string of the molecule is CS(=O)(=O)c1ccc(CC(=O)NCC2CN(Cc3cccc(Cl)c3)CCO2)cc1.